The molecule has 0 saturated heterocycles. The van der Waals surface area contributed by atoms with E-state index in [4.69, 9.17) is 0 Å². The Morgan fingerprint density at radius 2 is 1.21 bits per heavy atom. The van der Waals surface area contributed by atoms with E-state index in [0.29, 0.717) is 0 Å². The zero-order chi connectivity index (χ0) is 14.2. The lowest BCUT2D eigenvalue weighted by molar-refractivity contribution is 1.13. The second-order valence-corrected chi connectivity index (χ2v) is 5.50. The predicted octanol–water partition coefficient (Wildman–Crippen LogP) is 5.00. The van der Waals surface area contributed by atoms with E-state index in [2.05, 4.69) is 76.9 Å². The van der Waals surface area contributed by atoms with E-state index >= 15 is 0 Å². The molecule has 0 saturated carbocycles. The summed E-state index contributed by atoms with van der Waals surface area (Å²) in [6.45, 7) is 10.9. The Morgan fingerprint density at radius 1 is 0.737 bits per heavy atom. The molecule has 0 N–H and O–H groups in total. The Morgan fingerprint density at radius 3 is 1.68 bits per heavy atom. The quantitative estimate of drug-likeness (QED) is 0.728. The molecular weight excluding hydrogens is 230 g/mol. The monoisotopic (exact) mass is 253 g/mol. The number of anilines is 2. The number of benzene rings is 2. The zero-order valence-electron chi connectivity index (χ0n) is 12.8. The highest BCUT2D eigenvalue weighted by Gasteiger charge is 2.13. The molecule has 0 heterocycles. The fraction of sp³-hybridized carbons (Fsp3) is 0.333. The van der Waals surface area contributed by atoms with Gasteiger partial charge in [-0.3, -0.25) is 0 Å². The van der Waals surface area contributed by atoms with E-state index in [0.717, 1.165) is 0 Å². The van der Waals surface area contributed by atoms with Gasteiger partial charge in [0.1, 0.15) is 0 Å². The number of aryl methyl sites for hydroxylation is 3. The molecule has 0 aliphatic carbocycles. The number of nitrogens with zero attached hydrogens (tertiary/aromatic N) is 1. The van der Waals surface area contributed by atoms with Crippen molar-refractivity contribution in [2.45, 2.75) is 34.6 Å². The van der Waals surface area contributed by atoms with Crippen LogP contribution in [0, 0.1) is 34.6 Å². The second-order valence-electron chi connectivity index (χ2n) is 5.50. The lowest BCUT2D eigenvalue weighted by Crippen LogP contribution is -2.13. The van der Waals surface area contributed by atoms with Gasteiger partial charge < -0.3 is 4.90 Å². The van der Waals surface area contributed by atoms with Crippen molar-refractivity contribution in [3.8, 4) is 0 Å². The maximum Gasteiger partial charge on any atom is 0.0472 e. The first kappa shape index (κ1) is 13.7. The summed E-state index contributed by atoms with van der Waals surface area (Å²) in [5, 5.41) is 0. The normalized spacial score (nSPS) is 10.6. The van der Waals surface area contributed by atoms with Gasteiger partial charge in [-0.25, -0.2) is 0 Å². The molecule has 2 aromatic carbocycles. The van der Waals surface area contributed by atoms with Gasteiger partial charge in [0.2, 0.25) is 0 Å². The Hall–Kier alpha value is -1.76. The summed E-state index contributed by atoms with van der Waals surface area (Å²) < 4.78 is 0. The first-order chi connectivity index (χ1) is 8.91. The Bertz CT molecular complexity index is 568. The summed E-state index contributed by atoms with van der Waals surface area (Å²) >= 11 is 0. The van der Waals surface area contributed by atoms with Crippen LogP contribution in [-0.4, -0.2) is 7.05 Å². The van der Waals surface area contributed by atoms with Crippen LogP contribution in [0.3, 0.4) is 0 Å². The van der Waals surface area contributed by atoms with E-state index in [1.165, 1.54) is 39.2 Å². The van der Waals surface area contributed by atoms with E-state index < -0.39 is 0 Å². The lowest BCUT2D eigenvalue weighted by Gasteiger charge is -2.26. The molecule has 0 aromatic heterocycles. The van der Waals surface area contributed by atoms with Gasteiger partial charge in [0.25, 0.3) is 0 Å². The smallest absolute Gasteiger partial charge is 0.0472 e. The first-order valence-electron chi connectivity index (χ1n) is 6.79. The summed E-state index contributed by atoms with van der Waals surface area (Å²) in [6.07, 6.45) is 0. The van der Waals surface area contributed by atoms with Crippen molar-refractivity contribution < 1.29 is 0 Å². The number of rotatable bonds is 2. The highest BCUT2D eigenvalue weighted by atomic mass is 15.1. The van der Waals surface area contributed by atoms with Crippen molar-refractivity contribution in [1.82, 2.24) is 0 Å². The SMILES string of the molecule is Cc1ccc(N(C)c2c(C)c(C)cc(C)c2C)cc1. The fourth-order valence-electron chi connectivity index (χ4n) is 2.60. The van der Waals surface area contributed by atoms with Gasteiger partial charge in [-0.2, -0.15) is 0 Å². The highest BCUT2D eigenvalue weighted by Crippen LogP contribution is 2.33. The fourth-order valence-corrected chi connectivity index (χ4v) is 2.60. The Kier molecular flexibility index (Phi) is 3.66. The molecule has 0 unspecified atom stereocenters. The standard InChI is InChI=1S/C18H23N/c1-12-7-9-17(10-8-12)19(6)18-15(4)13(2)11-14(3)16(18)5/h7-11H,1-6H3. The minimum Gasteiger partial charge on any atom is -0.344 e. The van der Waals surface area contributed by atoms with Crippen LogP contribution in [-0.2, 0) is 0 Å². The average molecular weight is 253 g/mol. The van der Waals surface area contributed by atoms with E-state index in [1.807, 2.05) is 0 Å². The molecule has 0 aliphatic heterocycles. The van der Waals surface area contributed by atoms with Gasteiger partial charge in [0.05, 0.1) is 0 Å². The molecule has 0 spiro atoms. The van der Waals surface area contributed by atoms with Gasteiger partial charge in [-0.05, 0) is 69.0 Å². The van der Waals surface area contributed by atoms with Gasteiger partial charge in [0.15, 0.2) is 0 Å². The molecule has 2 rings (SSSR count). The molecule has 0 radical (unpaired) electrons. The molecule has 100 valence electrons. The van der Waals surface area contributed by atoms with Crippen LogP contribution in [0.15, 0.2) is 30.3 Å². The Balaban J connectivity index is 2.55. The first-order valence-corrected chi connectivity index (χ1v) is 6.79. The molecule has 2 aromatic rings. The minimum atomic E-state index is 1.24. The zero-order valence-corrected chi connectivity index (χ0v) is 12.8. The predicted molar refractivity (Wildman–Crippen MR) is 84.6 cm³/mol. The molecule has 19 heavy (non-hydrogen) atoms. The Labute approximate surface area is 116 Å². The third-order valence-electron chi connectivity index (χ3n) is 4.08. The third kappa shape index (κ3) is 2.51. The van der Waals surface area contributed by atoms with Gasteiger partial charge >= 0.3 is 0 Å². The van der Waals surface area contributed by atoms with Crippen molar-refractivity contribution in [3.63, 3.8) is 0 Å². The summed E-state index contributed by atoms with van der Waals surface area (Å²) in [5.74, 6) is 0. The summed E-state index contributed by atoms with van der Waals surface area (Å²) in [6, 6.07) is 11.0. The van der Waals surface area contributed by atoms with Gasteiger partial charge in [-0.15, -0.1) is 0 Å². The summed E-state index contributed by atoms with van der Waals surface area (Å²) in [5.41, 5.74) is 9.32. The molecule has 1 heteroatoms. The maximum absolute atomic E-state index is 2.30. The maximum atomic E-state index is 2.30. The molecule has 0 amide bonds. The third-order valence-corrected chi connectivity index (χ3v) is 4.08. The van der Waals surface area contributed by atoms with Crippen molar-refractivity contribution in [2.75, 3.05) is 11.9 Å². The van der Waals surface area contributed by atoms with Crippen LogP contribution >= 0.6 is 0 Å². The van der Waals surface area contributed by atoms with Crippen molar-refractivity contribution >= 4 is 11.4 Å². The minimum absolute atomic E-state index is 1.24. The molecule has 0 bridgehead atoms. The summed E-state index contributed by atoms with van der Waals surface area (Å²) in [7, 11) is 2.15. The molecule has 0 atom stereocenters. The van der Waals surface area contributed by atoms with Crippen LogP contribution in [0.5, 0.6) is 0 Å². The van der Waals surface area contributed by atoms with Crippen LogP contribution < -0.4 is 4.90 Å². The average Bonchev–Trinajstić information content (AvgIpc) is 2.37. The molecule has 1 nitrogen and oxygen atoms in total. The van der Waals surface area contributed by atoms with Crippen molar-refractivity contribution in [3.05, 3.63) is 58.1 Å². The van der Waals surface area contributed by atoms with Gasteiger partial charge in [-0.1, -0.05) is 23.8 Å². The van der Waals surface area contributed by atoms with E-state index in [9.17, 15) is 0 Å². The summed E-state index contributed by atoms with van der Waals surface area (Å²) in [4.78, 5) is 2.30. The largest absolute Gasteiger partial charge is 0.344 e. The van der Waals surface area contributed by atoms with Crippen LogP contribution in [0.4, 0.5) is 11.4 Å². The van der Waals surface area contributed by atoms with Crippen LogP contribution in [0.2, 0.25) is 0 Å². The van der Waals surface area contributed by atoms with Crippen LogP contribution in [0.25, 0.3) is 0 Å². The van der Waals surface area contributed by atoms with Crippen molar-refractivity contribution in [1.29, 1.82) is 0 Å². The van der Waals surface area contributed by atoms with Crippen LogP contribution in [0.1, 0.15) is 27.8 Å². The molecule has 0 aliphatic rings. The lowest BCUT2D eigenvalue weighted by atomic mass is 9.97. The second kappa shape index (κ2) is 5.08. The van der Waals surface area contributed by atoms with E-state index in [-0.39, 0.29) is 0 Å². The van der Waals surface area contributed by atoms with Gasteiger partial charge in [0, 0.05) is 18.4 Å². The van der Waals surface area contributed by atoms with E-state index in [1.54, 1.807) is 0 Å². The molecular formula is C18H23N. The number of hydrogen-bond acceptors (Lipinski definition) is 1. The van der Waals surface area contributed by atoms with Crippen molar-refractivity contribution in [2.24, 2.45) is 0 Å². The number of hydrogen-bond donors (Lipinski definition) is 0. The highest BCUT2D eigenvalue weighted by molar-refractivity contribution is 5.71. The molecule has 0 fully saturated rings. The topological polar surface area (TPSA) is 3.24 Å².